The van der Waals surface area contributed by atoms with E-state index in [0.717, 1.165) is 14.9 Å². The van der Waals surface area contributed by atoms with Crippen LogP contribution < -0.4 is 14.8 Å². The first-order chi connectivity index (χ1) is 16.9. The number of barbiturate groups is 1. The lowest BCUT2D eigenvalue weighted by molar-refractivity contribution is -0.130. The van der Waals surface area contributed by atoms with Gasteiger partial charge in [0.2, 0.25) is 0 Å². The SMILES string of the molecule is CCOc1cc(/C=C2\C(=O)NC(=O)N(Cc3ccco3)C2=O)cc(Cl)c1OCc1ccc(Br)cc1. The van der Waals surface area contributed by atoms with E-state index in [1.165, 1.54) is 12.3 Å². The quantitative estimate of drug-likeness (QED) is 0.296. The Hall–Kier alpha value is -3.56. The molecule has 0 radical (unpaired) electrons. The predicted molar refractivity (Wildman–Crippen MR) is 132 cm³/mol. The summed E-state index contributed by atoms with van der Waals surface area (Å²) < 4.78 is 17.8. The van der Waals surface area contributed by atoms with Gasteiger partial charge in [0.15, 0.2) is 11.5 Å². The van der Waals surface area contributed by atoms with Crippen LogP contribution in [0, 0.1) is 0 Å². The number of rotatable bonds is 8. The highest BCUT2D eigenvalue weighted by Crippen LogP contribution is 2.38. The van der Waals surface area contributed by atoms with Crippen LogP contribution in [0.1, 0.15) is 23.8 Å². The molecular formula is C25H20BrClN2O6. The highest BCUT2D eigenvalue weighted by molar-refractivity contribution is 9.10. The summed E-state index contributed by atoms with van der Waals surface area (Å²) in [6.45, 7) is 2.30. The van der Waals surface area contributed by atoms with E-state index >= 15 is 0 Å². The molecule has 0 saturated carbocycles. The molecule has 1 saturated heterocycles. The van der Waals surface area contributed by atoms with Crippen LogP contribution in [0.5, 0.6) is 11.5 Å². The summed E-state index contributed by atoms with van der Waals surface area (Å²) in [5.41, 5.74) is 1.14. The van der Waals surface area contributed by atoms with Gasteiger partial charge in [-0.3, -0.25) is 19.8 Å². The molecule has 0 aliphatic carbocycles. The number of amides is 4. The fourth-order valence-corrected chi connectivity index (χ4v) is 3.91. The van der Waals surface area contributed by atoms with Gasteiger partial charge >= 0.3 is 6.03 Å². The maximum atomic E-state index is 13.0. The number of ether oxygens (including phenoxy) is 2. The maximum absolute atomic E-state index is 13.0. The van der Waals surface area contributed by atoms with Crippen LogP contribution in [-0.2, 0) is 22.7 Å². The van der Waals surface area contributed by atoms with E-state index in [4.69, 9.17) is 25.5 Å². The van der Waals surface area contributed by atoms with Crippen molar-refractivity contribution in [3.63, 3.8) is 0 Å². The number of hydrogen-bond donors (Lipinski definition) is 1. The van der Waals surface area contributed by atoms with Gasteiger partial charge in [-0.2, -0.15) is 0 Å². The number of nitrogens with one attached hydrogen (secondary N) is 1. The summed E-state index contributed by atoms with van der Waals surface area (Å²) in [6, 6.07) is 13.3. The second-order valence-corrected chi connectivity index (χ2v) is 8.79. The number of halogens is 2. The fraction of sp³-hybridized carbons (Fsp3) is 0.160. The molecule has 0 unspecified atom stereocenters. The van der Waals surface area contributed by atoms with E-state index in [-0.39, 0.29) is 23.7 Å². The molecule has 1 aliphatic heterocycles. The van der Waals surface area contributed by atoms with Crippen LogP contribution in [-0.4, -0.2) is 29.4 Å². The second kappa shape index (κ2) is 10.8. The Morgan fingerprint density at radius 1 is 1.11 bits per heavy atom. The molecule has 35 heavy (non-hydrogen) atoms. The number of urea groups is 1. The van der Waals surface area contributed by atoms with E-state index < -0.39 is 17.8 Å². The summed E-state index contributed by atoms with van der Waals surface area (Å²) in [5.74, 6) is -0.458. The van der Waals surface area contributed by atoms with Gasteiger partial charge in [0.25, 0.3) is 11.8 Å². The van der Waals surface area contributed by atoms with Gasteiger partial charge in [0.1, 0.15) is 17.9 Å². The third kappa shape index (κ3) is 5.75. The maximum Gasteiger partial charge on any atom is 0.331 e. The third-order valence-corrected chi connectivity index (χ3v) is 5.83. The molecular weight excluding hydrogens is 540 g/mol. The summed E-state index contributed by atoms with van der Waals surface area (Å²) in [6.07, 6.45) is 2.79. The molecule has 8 nitrogen and oxygen atoms in total. The lowest BCUT2D eigenvalue weighted by Gasteiger charge is -2.25. The van der Waals surface area contributed by atoms with Crippen molar-refractivity contribution in [2.45, 2.75) is 20.1 Å². The molecule has 3 aromatic rings. The van der Waals surface area contributed by atoms with Gasteiger partial charge < -0.3 is 13.9 Å². The number of imide groups is 2. The molecule has 10 heteroatoms. The molecule has 0 spiro atoms. The van der Waals surface area contributed by atoms with Crippen molar-refractivity contribution >= 4 is 51.5 Å². The van der Waals surface area contributed by atoms with Crippen LogP contribution in [0.4, 0.5) is 4.79 Å². The Morgan fingerprint density at radius 2 is 1.89 bits per heavy atom. The summed E-state index contributed by atoms with van der Waals surface area (Å²) in [5, 5.41) is 2.42. The molecule has 1 N–H and O–H groups in total. The van der Waals surface area contributed by atoms with Gasteiger partial charge in [-0.05, 0) is 60.5 Å². The molecule has 180 valence electrons. The Morgan fingerprint density at radius 3 is 2.57 bits per heavy atom. The van der Waals surface area contributed by atoms with Gasteiger partial charge in [-0.25, -0.2) is 4.79 Å². The highest BCUT2D eigenvalue weighted by atomic mass is 79.9. The van der Waals surface area contributed by atoms with Crippen molar-refractivity contribution in [2.24, 2.45) is 0 Å². The lowest BCUT2D eigenvalue weighted by atomic mass is 10.1. The number of furan rings is 1. The van der Waals surface area contributed by atoms with E-state index in [1.807, 2.05) is 31.2 Å². The molecule has 2 heterocycles. The smallest absolute Gasteiger partial charge is 0.331 e. The van der Waals surface area contributed by atoms with Crippen LogP contribution in [0.2, 0.25) is 5.02 Å². The second-order valence-electron chi connectivity index (χ2n) is 7.47. The Balaban J connectivity index is 1.61. The van der Waals surface area contributed by atoms with Crippen LogP contribution in [0.3, 0.4) is 0 Å². The van der Waals surface area contributed by atoms with E-state index in [0.29, 0.717) is 29.4 Å². The Labute approximate surface area is 214 Å². The third-order valence-electron chi connectivity index (χ3n) is 5.02. The number of carbonyl (C=O) groups excluding carboxylic acids is 3. The zero-order chi connectivity index (χ0) is 24.9. The van der Waals surface area contributed by atoms with Crippen LogP contribution in [0.15, 0.2) is 69.3 Å². The van der Waals surface area contributed by atoms with E-state index in [2.05, 4.69) is 21.2 Å². The Kier molecular flexibility index (Phi) is 7.57. The van der Waals surface area contributed by atoms with Gasteiger partial charge in [0.05, 0.1) is 24.4 Å². The molecule has 1 aliphatic rings. The average Bonchev–Trinajstić information content (AvgIpc) is 3.34. The normalized spacial score (nSPS) is 14.9. The largest absolute Gasteiger partial charge is 0.490 e. The van der Waals surface area contributed by atoms with E-state index in [1.54, 1.807) is 24.3 Å². The summed E-state index contributed by atoms with van der Waals surface area (Å²) in [4.78, 5) is 38.5. The topological polar surface area (TPSA) is 98.1 Å². The van der Waals surface area contributed by atoms with Crippen molar-refractivity contribution in [2.75, 3.05) is 6.61 Å². The minimum Gasteiger partial charge on any atom is -0.490 e. The number of hydrogen-bond acceptors (Lipinski definition) is 6. The first-order valence-corrected chi connectivity index (χ1v) is 11.8. The molecule has 4 rings (SSSR count). The van der Waals surface area contributed by atoms with Gasteiger partial charge in [0, 0.05) is 4.47 Å². The lowest BCUT2D eigenvalue weighted by Crippen LogP contribution is -2.53. The molecule has 4 amide bonds. The zero-order valence-electron chi connectivity index (χ0n) is 18.5. The van der Waals surface area contributed by atoms with Crippen molar-refractivity contribution < 1.29 is 28.3 Å². The summed E-state index contributed by atoms with van der Waals surface area (Å²) >= 11 is 9.89. The number of carbonyl (C=O) groups is 3. The van der Waals surface area contributed by atoms with Gasteiger partial charge in [-0.1, -0.05) is 39.7 Å². The highest BCUT2D eigenvalue weighted by Gasteiger charge is 2.36. The first kappa shape index (κ1) is 24.6. The van der Waals surface area contributed by atoms with Crippen molar-refractivity contribution in [3.05, 3.63) is 86.7 Å². The monoisotopic (exact) mass is 558 g/mol. The minimum absolute atomic E-state index is 0.115. The Bertz CT molecular complexity index is 1290. The van der Waals surface area contributed by atoms with Crippen molar-refractivity contribution in [1.29, 1.82) is 0 Å². The number of nitrogens with zero attached hydrogens (tertiary/aromatic N) is 1. The molecule has 1 fully saturated rings. The molecule has 0 bridgehead atoms. The molecule has 1 aromatic heterocycles. The zero-order valence-corrected chi connectivity index (χ0v) is 20.9. The van der Waals surface area contributed by atoms with Crippen LogP contribution >= 0.6 is 27.5 Å². The van der Waals surface area contributed by atoms with E-state index in [9.17, 15) is 14.4 Å². The standard InChI is InChI=1S/C25H20BrClN2O6/c1-2-33-21-12-16(11-20(27)22(21)35-14-15-5-7-17(26)8-6-15)10-19-23(30)28-25(32)29(24(19)31)13-18-4-3-9-34-18/h3-12H,2,13-14H2,1H3,(H,28,30,32)/b19-10+. The molecule has 0 atom stereocenters. The molecule has 2 aromatic carbocycles. The average molecular weight is 560 g/mol. The van der Waals surface area contributed by atoms with Gasteiger partial charge in [-0.15, -0.1) is 0 Å². The van der Waals surface area contributed by atoms with Crippen LogP contribution in [0.25, 0.3) is 6.08 Å². The van der Waals surface area contributed by atoms with Crippen molar-refractivity contribution in [1.82, 2.24) is 10.2 Å². The fourth-order valence-electron chi connectivity index (χ4n) is 3.37. The first-order valence-electron chi connectivity index (χ1n) is 10.6. The predicted octanol–water partition coefficient (Wildman–Crippen LogP) is 5.34. The summed E-state index contributed by atoms with van der Waals surface area (Å²) in [7, 11) is 0. The van der Waals surface area contributed by atoms with Crippen molar-refractivity contribution in [3.8, 4) is 11.5 Å². The number of benzene rings is 2. The minimum atomic E-state index is -0.821.